The van der Waals surface area contributed by atoms with Crippen LogP contribution in [0.5, 0.6) is 5.75 Å². The third-order valence-electron chi connectivity index (χ3n) is 3.92. The third kappa shape index (κ3) is 3.33. The van der Waals surface area contributed by atoms with Crippen LogP contribution in [0.25, 0.3) is 0 Å². The second-order valence-electron chi connectivity index (χ2n) is 5.52. The first-order valence-electron chi connectivity index (χ1n) is 7.17. The number of rotatable bonds is 5. The van der Waals surface area contributed by atoms with E-state index in [2.05, 4.69) is 18.9 Å². The molecule has 4 nitrogen and oxygen atoms in total. The van der Waals surface area contributed by atoms with E-state index in [0.717, 1.165) is 42.4 Å². The first kappa shape index (κ1) is 15.3. The summed E-state index contributed by atoms with van der Waals surface area (Å²) in [4.78, 5) is 18.7. The number of carbonyl (C=O) groups excluding carboxylic acids is 1. The summed E-state index contributed by atoms with van der Waals surface area (Å²) in [6, 6.07) is 1.94. The van der Waals surface area contributed by atoms with Crippen LogP contribution in [0, 0.1) is 12.8 Å². The van der Waals surface area contributed by atoms with E-state index in [1.54, 1.807) is 7.11 Å². The molecule has 0 N–H and O–H groups in total. The number of hydrogen-bond donors (Lipinski definition) is 0. The van der Waals surface area contributed by atoms with Crippen LogP contribution in [0.4, 0.5) is 0 Å². The largest absolute Gasteiger partial charge is 0.495 e. The maximum Gasteiger partial charge on any atom is 0.267 e. The highest BCUT2D eigenvalue weighted by Crippen LogP contribution is 2.31. The van der Waals surface area contributed by atoms with Crippen molar-refractivity contribution in [2.75, 3.05) is 40.3 Å². The van der Waals surface area contributed by atoms with E-state index >= 15 is 0 Å². The fraction of sp³-hybridized carbons (Fsp3) is 0.667. The Balaban J connectivity index is 2.00. The zero-order valence-electron chi connectivity index (χ0n) is 12.8. The van der Waals surface area contributed by atoms with Crippen molar-refractivity contribution in [2.24, 2.45) is 5.92 Å². The number of ether oxygens (including phenoxy) is 1. The maximum atomic E-state index is 12.6. The Bertz CT molecular complexity index is 472. The van der Waals surface area contributed by atoms with Crippen molar-refractivity contribution >= 4 is 17.2 Å². The maximum absolute atomic E-state index is 12.6. The molecule has 1 aliphatic rings. The zero-order valence-corrected chi connectivity index (χ0v) is 13.6. The highest BCUT2D eigenvalue weighted by Gasteiger charge is 2.29. The third-order valence-corrected chi connectivity index (χ3v) is 4.94. The molecule has 0 unspecified atom stereocenters. The normalized spacial score (nSPS) is 18.9. The van der Waals surface area contributed by atoms with Crippen LogP contribution in [0.1, 0.15) is 27.9 Å². The van der Waals surface area contributed by atoms with Crippen molar-refractivity contribution in [1.29, 1.82) is 0 Å². The average Bonchev–Trinajstić information content (AvgIpc) is 3.04. The van der Waals surface area contributed by atoms with Gasteiger partial charge in [0, 0.05) is 24.5 Å². The van der Waals surface area contributed by atoms with Gasteiger partial charge in [-0.25, -0.2) is 0 Å². The van der Waals surface area contributed by atoms with Gasteiger partial charge in [0.1, 0.15) is 10.6 Å². The second kappa shape index (κ2) is 6.59. The summed E-state index contributed by atoms with van der Waals surface area (Å²) in [6.07, 6.45) is 1.10. The molecule has 2 heterocycles. The van der Waals surface area contributed by atoms with Crippen LogP contribution < -0.4 is 4.74 Å². The van der Waals surface area contributed by atoms with Crippen LogP contribution in [-0.4, -0.2) is 56.0 Å². The lowest BCUT2D eigenvalue weighted by molar-refractivity contribution is 0.0786. The topological polar surface area (TPSA) is 32.8 Å². The number of thiophene rings is 1. The molecule has 2 rings (SSSR count). The summed E-state index contributed by atoms with van der Waals surface area (Å²) in [5.41, 5.74) is 0. The molecule has 0 radical (unpaired) electrons. The Kier molecular flexibility index (Phi) is 5.05. The van der Waals surface area contributed by atoms with Gasteiger partial charge < -0.3 is 14.5 Å². The van der Waals surface area contributed by atoms with Gasteiger partial charge in [0.05, 0.1) is 7.11 Å². The fourth-order valence-electron chi connectivity index (χ4n) is 2.67. The van der Waals surface area contributed by atoms with Crippen molar-refractivity contribution in [3.63, 3.8) is 0 Å². The summed E-state index contributed by atoms with van der Waals surface area (Å²) in [7, 11) is 3.76. The van der Waals surface area contributed by atoms with Crippen molar-refractivity contribution in [3.05, 3.63) is 15.8 Å². The molecule has 1 saturated heterocycles. The quantitative estimate of drug-likeness (QED) is 0.837. The summed E-state index contributed by atoms with van der Waals surface area (Å²) in [5.74, 6) is 1.43. The summed E-state index contributed by atoms with van der Waals surface area (Å²) >= 11 is 1.53. The van der Waals surface area contributed by atoms with Gasteiger partial charge in [-0.3, -0.25) is 4.79 Å². The van der Waals surface area contributed by atoms with Crippen molar-refractivity contribution in [3.8, 4) is 5.75 Å². The van der Waals surface area contributed by atoms with Gasteiger partial charge in [-0.1, -0.05) is 6.92 Å². The first-order valence-corrected chi connectivity index (χ1v) is 7.99. The predicted octanol–water partition coefficient (Wildman–Crippen LogP) is 2.48. The lowest BCUT2D eigenvalue weighted by Gasteiger charge is -2.20. The molecule has 0 saturated carbocycles. The molecular weight excluding hydrogens is 272 g/mol. The molecule has 1 amide bonds. The fourth-order valence-corrected chi connectivity index (χ4v) is 3.62. The number of hydrogen-bond acceptors (Lipinski definition) is 4. The molecule has 20 heavy (non-hydrogen) atoms. The summed E-state index contributed by atoms with van der Waals surface area (Å²) in [6.45, 7) is 8.03. The molecule has 5 heteroatoms. The van der Waals surface area contributed by atoms with Gasteiger partial charge in [-0.2, -0.15) is 0 Å². The van der Waals surface area contributed by atoms with E-state index in [0.29, 0.717) is 11.7 Å². The lowest BCUT2D eigenvalue weighted by atomic mass is 10.1. The summed E-state index contributed by atoms with van der Waals surface area (Å²) in [5, 5.41) is 0. The number of aryl methyl sites for hydroxylation is 1. The van der Waals surface area contributed by atoms with E-state index in [1.807, 2.05) is 17.9 Å². The van der Waals surface area contributed by atoms with Gasteiger partial charge in [0.25, 0.3) is 5.91 Å². The van der Waals surface area contributed by atoms with Crippen LogP contribution in [-0.2, 0) is 0 Å². The minimum absolute atomic E-state index is 0.126. The number of likely N-dealkylation sites (tertiary alicyclic amines) is 1. The molecule has 1 fully saturated rings. The van der Waals surface area contributed by atoms with Gasteiger partial charge in [-0.05, 0) is 38.9 Å². The Labute approximate surface area is 125 Å². The average molecular weight is 296 g/mol. The molecule has 0 spiro atoms. The van der Waals surface area contributed by atoms with E-state index in [-0.39, 0.29) is 5.91 Å². The van der Waals surface area contributed by atoms with Crippen LogP contribution >= 0.6 is 11.3 Å². The molecule has 1 aliphatic heterocycles. The van der Waals surface area contributed by atoms with E-state index < -0.39 is 0 Å². The Hall–Kier alpha value is -1.07. The SMILES string of the molecule is CCN(C)C[C@@H]1CCN(C(=O)c2sc(C)cc2OC)C1. The van der Waals surface area contributed by atoms with E-state index in [1.165, 1.54) is 11.3 Å². The van der Waals surface area contributed by atoms with Gasteiger partial charge in [0.2, 0.25) is 0 Å². The van der Waals surface area contributed by atoms with Crippen molar-refractivity contribution < 1.29 is 9.53 Å². The lowest BCUT2D eigenvalue weighted by Crippen LogP contribution is -2.31. The molecule has 112 valence electrons. The van der Waals surface area contributed by atoms with E-state index in [4.69, 9.17) is 4.74 Å². The molecule has 1 atom stereocenters. The van der Waals surface area contributed by atoms with Crippen LogP contribution in [0.3, 0.4) is 0 Å². The molecule has 0 bridgehead atoms. The molecule has 1 aromatic heterocycles. The van der Waals surface area contributed by atoms with Gasteiger partial charge in [-0.15, -0.1) is 11.3 Å². The first-order chi connectivity index (χ1) is 9.55. The molecule has 0 aliphatic carbocycles. The van der Waals surface area contributed by atoms with Gasteiger partial charge >= 0.3 is 0 Å². The predicted molar refractivity (Wildman–Crippen MR) is 82.8 cm³/mol. The number of carbonyl (C=O) groups is 1. The molecular formula is C15H24N2O2S. The Morgan fingerprint density at radius 2 is 2.35 bits per heavy atom. The molecule has 1 aromatic rings. The van der Waals surface area contributed by atoms with Gasteiger partial charge in [0.15, 0.2) is 0 Å². The number of amides is 1. The Morgan fingerprint density at radius 3 is 3.00 bits per heavy atom. The minimum atomic E-state index is 0.126. The van der Waals surface area contributed by atoms with Crippen LogP contribution in [0.15, 0.2) is 6.07 Å². The zero-order chi connectivity index (χ0) is 14.7. The summed E-state index contributed by atoms with van der Waals surface area (Å²) < 4.78 is 5.31. The minimum Gasteiger partial charge on any atom is -0.495 e. The van der Waals surface area contributed by atoms with Crippen LogP contribution in [0.2, 0.25) is 0 Å². The highest BCUT2D eigenvalue weighted by molar-refractivity contribution is 7.14. The standard InChI is InChI=1S/C15H24N2O2S/c1-5-16(3)9-12-6-7-17(10-12)15(18)14-13(19-4)8-11(2)20-14/h8,12H,5-7,9-10H2,1-4H3/t12-/m0/s1. The molecule has 0 aromatic carbocycles. The number of methoxy groups -OCH3 is 1. The van der Waals surface area contributed by atoms with Crippen molar-refractivity contribution in [2.45, 2.75) is 20.3 Å². The van der Waals surface area contributed by atoms with E-state index in [9.17, 15) is 4.79 Å². The van der Waals surface area contributed by atoms with Crippen molar-refractivity contribution in [1.82, 2.24) is 9.80 Å². The highest BCUT2D eigenvalue weighted by atomic mass is 32.1. The second-order valence-corrected chi connectivity index (χ2v) is 6.77. The smallest absolute Gasteiger partial charge is 0.267 e. The number of nitrogens with zero attached hydrogens (tertiary/aromatic N) is 2. The Morgan fingerprint density at radius 1 is 1.60 bits per heavy atom. The monoisotopic (exact) mass is 296 g/mol.